The Hall–Kier alpha value is -0.250. The molecule has 0 aromatic heterocycles. The van der Waals surface area contributed by atoms with Gasteiger partial charge in [-0.1, -0.05) is 22.9 Å². The van der Waals surface area contributed by atoms with E-state index in [4.69, 9.17) is 4.74 Å². The van der Waals surface area contributed by atoms with E-state index in [1.807, 2.05) is 6.92 Å². The fourth-order valence-corrected chi connectivity index (χ4v) is 0.522. The Labute approximate surface area is 69.3 Å². The molecule has 1 amide bonds. The van der Waals surface area contributed by atoms with E-state index in [1.165, 1.54) is 0 Å². The maximum atomic E-state index is 10.5. The molecule has 60 valence electrons. The number of halogens is 1. The molecule has 1 atom stereocenters. The minimum atomic E-state index is -0.368. The van der Waals surface area contributed by atoms with Crippen LogP contribution >= 0.6 is 15.9 Å². The summed E-state index contributed by atoms with van der Waals surface area (Å²) < 4.78 is 4.76. The molecule has 3 nitrogen and oxygen atoms in total. The van der Waals surface area contributed by atoms with Crippen LogP contribution in [0, 0.1) is 5.92 Å². The van der Waals surface area contributed by atoms with Gasteiger partial charge in [0.05, 0.1) is 6.61 Å². The Balaban J connectivity index is 3.26. The van der Waals surface area contributed by atoms with Gasteiger partial charge in [0.15, 0.2) is 0 Å². The third-order valence-corrected chi connectivity index (χ3v) is 2.07. The third-order valence-electron chi connectivity index (χ3n) is 0.966. The monoisotopic (exact) mass is 209 g/mol. The van der Waals surface area contributed by atoms with Crippen LogP contribution < -0.4 is 5.32 Å². The molecule has 10 heavy (non-hydrogen) atoms. The standard InChI is InChI=1S/C6H12BrNO2/c1-5(3-7)4-10-6(9)8-2/h5H,3-4H2,1-2H3,(H,8,9). The van der Waals surface area contributed by atoms with E-state index < -0.39 is 0 Å². The maximum Gasteiger partial charge on any atom is 0.406 e. The van der Waals surface area contributed by atoms with E-state index in [9.17, 15) is 4.79 Å². The largest absolute Gasteiger partial charge is 0.449 e. The number of carbonyl (C=O) groups excluding carboxylic acids is 1. The first-order chi connectivity index (χ1) is 4.70. The molecule has 0 spiro atoms. The minimum Gasteiger partial charge on any atom is -0.449 e. The van der Waals surface area contributed by atoms with Gasteiger partial charge in [-0.3, -0.25) is 0 Å². The predicted molar refractivity (Wildman–Crippen MR) is 43.4 cm³/mol. The van der Waals surface area contributed by atoms with Crippen molar-refractivity contribution in [3.8, 4) is 0 Å². The zero-order chi connectivity index (χ0) is 7.98. The van der Waals surface area contributed by atoms with Crippen molar-refractivity contribution in [2.24, 2.45) is 5.92 Å². The molecule has 1 N–H and O–H groups in total. The highest BCUT2D eigenvalue weighted by molar-refractivity contribution is 9.09. The van der Waals surface area contributed by atoms with Crippen molar-refractivity contribution in [1.82, 2.24) is 5.32 Å². The molecule has 0 aliphatic heterocycles. The van der Waals surface area contributed by atoms with Gasteiger partial charge >= 0.3 is 6.09 Å². The normalized spacial score (nSPS) is 12.3. The molecule has 0 aromatic rings. The Morgan fingerprint density at radius 1 is 1.80 bits per heavy atom. The molecular formula is C6H12BrNO2. The second kappa shape index (κ2) is 5.53. The van der Waals surface area contributed by atoms with E-state index in [-0.39, 0.29) is 6.09 Å². The summed E-state index contributed by atoms with van der Waals surface area (Å²) >= 11 is 3.28. The van der Waals surface area contributed by atoms with Gasteiger partial charge in [-0.25, -0.2) is 4.79 Å². The maximum absolute atomic E-state index is 10.5. The Kier molecular flexibility index (Phi) is 5.39. The first-order valence-corrected chi connectivity index (χ1v) is 4.23. The molecule has 0 radical (unpaired) electrons. The van der Waals surface area contributed by atoms with E-state index in [0.29, 0.717) is 12.5 Å². The van der Waals surface area contributed by atoms with Crippen molar-refractivity contribution in [3.05, 3.63) is 0 Å². The summed E-state index contributed by atoms with van der Waals surface area (Å²) in [6.45, 7) is 2.46. The van der Waals surface area contributed by atoms with Crippen LogP contribution in [-0.4, -0.2) is 25.1 Å². The SMILES string of the molecule is CNC(=O)OCC(C)CBr. The van der Waals surface area contributed by atoms with E-state index in [1.54, 1.807) is 7.05 Å². The zero-order valence-electron chi connectivity index (χ0n) is 6.19. The molecule has 0 saturated heterocycles. The van der Waals surface area contributed by atoms with E-state index >= 15 is 0 Å². The van der Waals surface area contributed by atoms with E-state index in [0.717, 1.165) is 5.33 Å². The number of ether oxygens (including phenoxy) is 1. The molecule has 0 fully saturated rings. The number of rotatable bonds is 3. The second-order valence-corrected chi connectivity index (χ2v) is 2.76. The summed E-state index contributed by atoms with van der Waals surface area (Å²) in [6.07, 6.45) is -0.368. The van der Waals surface area contributed by atoms with Crippen molar-refractivity contribution in [2.45, 2.75) is 6.92 Å². The Bertz CT molecular complexity index is 108. The zero-order valence-corrected chi connectivity index (χ0v) is 7.77. The number of carbonyl (C=O) groups is 1. The molecule has 1 unspecified atom stereocenters. The van der Waals surface area contributed by atoms with Crippen molar-refractivity contribution >= 4 is 22.0 Å². The van der Waals surface area contributed by atoms with E-state index in [2.05, 4.69) is 21.2 Å². The Morgan fingerprint density at radius 2 is 2.40 bits per heavy atom. The topological polar surface area (TPSA) is 38.3 Å². The molecule has 0 aromatic carbocycles. The molecule has 0 aliphatic rings. The fourth-order valence-electron chi connectivity index (χ4n) is 0.335. The first kappa shape index (κ1) is 9.75. The van der Waals surface area contributed by atoms with Crippen LogP contribution in [0.2, 0.25) is 0 Å². The smallest absolute Gasteiger partial charge is 0.406 e. The van der Waals surface area contributed by atoms with Crippen LogP contribution in [0.3, 0.4) is 0 Å². The van der Waals surface area contributed by atoms with Crippen molar-refractivity contribution in [1.29, 1.82) is 0 Å². The lowest BCUT2D eigenvalue weighted by Gasteiger charge is -2.07. The second-order valence-electron chi connectivity index (χ2n) is 2.11. The number of nitrogens with one attached hydrogen (secondary N) is 1. The molecule has 0 saturated carbocycles. The van der Waals surface area contributed by atoms with Gasteiger partial charge in [-0.2, -0.15) is 0 Å². The molecule has 0 rings (SSSR count). The van der Waals surface area contributed by atoms with Crippen LogP contribution in [0.15, 0.2) is 0 Å². The summed E-state index contributed by atoms with van der Waals surface area (Å²) in [5.74, 6) is 0.372. The summed E-state index contributed by atoms with van der Waals surface area (Å²) in [5.41, 5.74) is 0. The number of alkyl halides is 1. The molecular weight excluding hydrogens is 198 g/mol. The van der Waals surface area contributed by atoms with Gasteiger partial charge in [0.1, 0.15) is 0 Å². The molecule has 0 heterocycles. The van der Waals surface area contributed by atoms with Gasteiger partial charge in [-0.05, 0) is 0 Å². The van der Waals surface area contributed by atoms with Crippen LogP contribution in [0.1, 0.15) is 6.92 Å². The molecule has 4 heteroatoms. The van der Waals surface area contributed by atoms with Crippen molar-refractivity contribution in [3.63, 3.8) is 0 Å². The van der Waals surface area contributed by atoms with Gasteiger partial charge < -0.3 is 10.1 Å². The summed E-state index contributed by atoms with van der Waals surface area (Å²) in [5, 5.41) is 3.22. The number of alkyl carbamates (subject to hydrolysis) is 1. The lowest BCUT2D eigenvalue weighted by atomic mass is 10.2. The van der Waals surface area contributed by atoms with Crippen LogP contribution in [0.4, 0.5) is 4.79 Å². The highest BCUT2D eigenvalue weighted by atomic mass is 79.9. The van der Waals surface area contributed by atoms with Crippen LogP contribution in [0.25, 0.3) is 0 Å². The van der Waals surface area contributed by atoms with Gasteiger partial charge in [0, 0.05) is 18.3 Å². The van der Waals surface area contributed by atoms with Crippen molar-refractivity contribution < 1.29 is 9.53 Å². The Morgan fingerprint density at radius 3 is 2.80 bits per heavy atom. The quantitative estimate of drug-likeness (QED) is 0.714. The van der Waals surface area contributed by atoms with Gasteiger partial charge in [-0.15, -0.1) is 0 Å². The van der Waals surface area contributed by atoms with Gasteiger partial charge in [0.25, 0.3) is 0 Å². The average molecular weight is 210 g/mol. The highest BCUT2D eigenvalue weighted by Gasteiger charge is 2.02. The predicted octanol–water partition coefficient (Wildman–Crippen LogP) is 1.37. The molecule has 0 bridgehead atoms. The number of hydrogen-bond acceptors (Lipinski definition) is 2. The lowest BCUT2D eigenvalue weighted by molar-refractivity contribution is 0.136. The summed E-state index contributed by atoms with van der Waals surface area (Å²) in [7, 11) is 1.54. The summed E-state index contributed by atoms with van der Waals surface area (Å²) in [6, 6.07) is 0. The molecule has 0 aliphatic carbocycles. The van der Waals surface area contributed by atoms with Crippen LogP contribution in [-0.2, 0) is 4.74 Å². The highest BCUT2D eigenvalue weighted by Crippen LogP contribution is 1.99. The minimum absolute atomic E-state index is 0.368. The first-order valence-electron chi connectivity index (χ1n) is 3.11. The lowest BCUT2D eigenvalue weighted by Crippen LogP contribution is -2.22. The number of amides is 1. The fraction of sp³-hybridized carbons (Fsp3) is 0.833. The summed E-state index contributed by atoms with van der Waals surface area (Å²) in [4.78, 5) is 10.5. The van der Waals surface area contributed by atoms with Gasteiger partial charge in [0.2, 0.25) is 0 Å². The number of hydrogen-bond donors (Lipinski definition) is 1. The average Bonchev–Trinajstić information content (AvgIpc) is 1.99. The van der Waals surface area contributed by atoms with Crippen LogP contribution in [0.5, 0.6) is 0 Å². The van der Waals surface area contributed by atoms with Crippen molar-refractivity contribution in [2.75, 3.05) is 19.0 Å². The third kappa shape index (κ3) is 4.61.